The zero-order valence-electron chi connectivity index (χ0n) is 11.9. The fourth-order valence-electron chi connectivity index (χ4n) is 2.31. The Balaban J connectivity index is 2.34. The van der Waals surface area contributed by atoms with Gasteiger partial charge in [-0.1, -0.05) is 19.1 Å². The summed E-state index contributed by atoms with van der Waals surface area (Å²) in [5.74, 6) is 0. The Morgan fingerprint density at radius 3 is 2.82 bits per heavy atom. The maximum Gasteiger partial charge on any atom is 0.0672 e. The molecule has 0 radical (unpaired) electrons. The molecule has 0 aromatic rings. The molecule has 0 spiro atoms. The monoisotopic (exact) mass is 240 g/mol. The third kappa shape index (κ3) is 5.19. The highest BCUT2D eigenvalue weighted by Gasteiger charge is 2.30. The molecule has 0 aliphatic carbocycles. The maximum atomic E-state index is 5.60. The predicted octanol–water partition coefficient (Wildman–Crippen LogP) is 2.04. The van der Waals surface area contributed by atoms with Crippen molar-refractivity contribution in [1.82, 2.24) is 10.2 Å². The standard InChI is InChI=1S/C14H28N2O/c1-6-13-9-15-14(4,5)11-16(13)7-8-17-10-12(2)3/h13,15H,2,6-11H2,1,3-5H3. The largest absolute Gasteiger partial charge is 0.376 e. The molecule has 100 valence electrons. The average Bonchev–Trinajstić information content (AvgIpc) is 2.23. The summed E-state index contributed by atoms with van der Waals surface area (Å²) >= 11 is 0. The second kappa shape index (κ2) is 6.53. The molecule has 3 nitrogen and oxygen atoms in total. The Morgan fingerprint density at radius 2 is 2.24 bits per heavy atom. The maximum absolute atomic E-state index is 5.60. The summed E-state index contributed by atoms with van der Waals surface area (Å²) in [5.41, 5.74) is 1.32. The fraction of sp³-hybridized carbons (Fsp3) is 0.857. The minimum atomic E-state index is 0.222. The van der Waals surface area contributed by atoms with Crippen molar-refractivity contribution >= 4 is 0 Å². The quantitative estimate of drug-likeness (QED) is 0.568. The number of rotatable bonds is 6. The van der Waals surface area contributed by atoms with E-state index in [0.717, 1.165) is 31.8 Å². The molecule has 1 heterocycles. The van der Waals surface area contributed by atoms with E-state index in [9.17, 15) is 0 Å². The second-order valence-corrected chi connectivity index (χ2v) is 5.81. The van der Waals surface area contributed by atoms with Gasteiger partial charge < -0.3 is 10.1 Å². The van der Waals surface area contributed by atoms with Crippen molar-refractivity contribution in [2.45, 2.75) is 45.7 Å². The van der Waals surface area contributed by atoms with E-state index in [2.05, 4.69) is 37.6 Å². The summed E-state index contributed by atoms with van der Waals surface area (Å²) in [4.78, 5) is 2.55. The Hall–Kier alpha value is -0.380. The van der Waals surface area contributed by atoms with Crippen LogP contribution >= 0.6 is 0 Å². The van der Waals surface area contributed by atoms with Gasteiger partial charge in [-0.15, -0.1) is 0 Å². The molecule has 1 unspecified atom stereocenters. The van der Waals surface area contributed by atoms with Crippen LogP contribution < -0.4 is 5.32 Å². The van der Waals surface area contributed by atoms with E-state index in [-0.39, 0.29) is 5.54 Å². The topological polar surface area (TPSA) is 24.5 Å². The van der Waals surface area contributed by atoms with Crippen LogP contribution in [0.1, 0.15) is 34.1 Å². The lowest BCUT2D eigenvalue weighted by atomic mass is 9.98. The lowest BCUT2D eigenvalue weighted by molar-refractivity contribution is 0.0539. The van der Waals surface area contributed by atoms with E-state index in [1.807, 2.05) is 6.92 Å². The summed E-state index contributed by atoms with van der Waals surface area (Å²) in [6.07, 6.45) is 1.20. The molecule has 3 heteroatoms. The van der Waals surface area contributed by atoms with Crippen LogP contribution in [0.5, 0.6) is 0 Å². The molecule has 1 atom stereocenters. The van der Waals surface area contributed by atoms with Crippen LogP contribution in [0.4, 0.5) is 0 Å². The highest BCUT2D eigenvalue weighted by atomic mass is 16.5. The van der Waals surface area contributed by atoms with E-state index in [1.54, 1.807) is 0 Å². The molecular weight excluding hydrogens is 212 g/mol. The lowest BCUT2D eigenvalue weighted by Crippen LogP contribution is -2.61. The average molecular weight is 240 g/mol. The molecule has 0 aromatic heterocycles. The molecule has 1 aliphatic heterocycles. The number of nitrogens with one attached hydrogen (secondary N) is 1. The molecule has 1 saturated heterocycles. The molecule has 0 saturated carbocycles. The van der Waals surface area contributed by atoms with Crippen molar-refractivity contribution in [2.24, 2.45) is 0 Å². The summed E-state index contributed by atoms with van der Waals surface area (Å²) in [7, 11) is 0. The first-order chi connectivity index (χ1) is 7.94. The van der Waals surface area contributed by atoms with E-state index in [4.69, 9.17) is 4.74 Å². The molecule has 1 fully saturated rings. The third-order valence-corrected chi connectivity index (χ3v) is 3.27. The van der Waals surface area contributed by atoms with E-state index >= 15 is 0 Å². The minimum Gasteiger partial charge on any atom is -0.376 e. The number of hydrogen-bond donors (Lipinski definition) is 1. The Bertz CT molecular complexity index is 251. The van der Waals surface area contributed by atoms with Crippen molar-refractivity contribution in [3.05, 3.63) is 12.2 Å². The first-order valence-corrected chi connectivity index (χ1v) is 6.66. The lowest BCUT2D eigenvalue weighted by Gasteiger charge is -2.44. The predicted molar refractivity (Wildman–Crippen MR) is 73.4 cm³/mol. The Labute approximate surface area is 106 Å². The number of nitrogens with zero attached hydrogens (tertiary/aromatic N) is 1. The SMILES string of the molecule is C=C(C)COCCN1CC(C)(C)NCC1CC. The van der Waals surface area contributed by atoms with Gasteiger partial charge in [0, 0.05) is 31.2 Å². The summed E-state index contributed by atoms with van der Waals surface area (Å²) < 4.78 is 5.60. The van der Waals surface area contributed by atoms with Crippen LogP contribution in [-0.4, -0.2) is 49.3 Å². The van der Waals surface area contributed by atoms with Crippen molar-refractivity contribution in [3.63, 3.8) is 0 Å². The van der Waals surface area contributed by atoms with Crippen LogP contribution in [0.2, 0.25) is 0 Å². The molecule has 0 bridgehead atoms. The number of ether oxygens (including phenoxy) is 1. The van der Waals surface area contributed by atoms with Gasteiger partial charge in [-0.2, -0.15) is 0 Å². The zero-order valence-corrected chi connectivity index (χ0v) is 11.9. The van der Waals surface area contributed by atoms with Crippen molar-refractivity contribution < 1.29 is 4.74 Å². The Kier molecular flexibility index (Phi) is 5.63. The first-order valence-electron chi connectivity index (χ1n) is 6.66. The van der Waals surface area contributed by atoms with Gasteiger partial charge in [-0.25, -0.2) is 0 Å². The fourth-order valence-corrected chi connectivity index (χ4v) is 2.31. The van der Waals surface area contributed by atoms with E-state index in [0.29, 0.717) is 12.6 Å². The molecule has 1 aliphatic rings. The highest BCUT2D eigenvalue weighted by molar-refractivity contribution is 4.92. The summed E-state index contributed by atoms with van der Waals surface area (Å²) in [5, 5.41) is 3.60. The number of piperazine rings is 1. The van der Waals surface area contributed by atoms with Crippen LogP contribution in [-0.2, 0) is 4.74 Å². The smallest absolute Gasteiger partial charge is 0.0672 e. The van der Waals surface area contributed by atoms with Gasteiger partial charge in [0.1, 0.15) is 0 Å². The van der Waals surface area contributed by atoms with E-state index < -0.39 is 0 Å². The van der Waals surface area contributed by atoms with Crippen molar-refractivity contribution in [2.75, 3.05) is 32.8 Å². The normalized spacial score (nSPS) is 24.8. The molecule has 17 heavy (non-hydrogen) atoms. The molecule has 0 amide bonds. The number of hydrogen-bond acceptors (Lipinski definition) is 3. The van der Waals surface area contributed by atoms with E-state index in [1.165, 1.54) is 6.42 Å². The van der Waals surface area contributed by atoms with Gasteiger partial charge in [0.15, 0.2) is 0 Å². The zero-order chi connectivity index (χ0) is 12.9. The van der Waals surface area contributed by atoms with Gasteiger partial charge in [-0.05, 0) is 27.2 Å². The minimum absolute atomic E-state index is 0.222. The van der Waals surface area contributed by atoms with Gasteiger partial charge in [0.25, 0.3) is 0 Å². The summed E-state index contributed by atoms with van der Waals surface area (Å²) in [6.45, 7) is 17.3. The first kappa shape index (κ1) is 14.7. The van der Waals surface area contributed by atoms with Crippen LogP contribution in [0, 0.1) is 0 Å². The molecule has 1 rings (SSSR count). The van der Waals surface area contributed by atoms with Gasteiger partial charge >= 0.3 is 0 Å². The second-order valence-electron chi connectivity index (χ2n) is 5.81. The van der Waals surface area contributed by atoms with Crippen LogP contribution in [0.25, 0.3) is 0 Å². The molecule has 1 N–H and O–H groups in total. The van der Waals surface area contributed by atoms with Crippen molar-refractivity contribution in [1.29, 1.82) is 0 Å². The van der Waals surface area contributed by atoms with Gasteiger partial charge in [-0.3, -0.25) is 4.90 Å². The van der Waals surface area contributed by atoms with Gasteiger partial charge in [0.05, 0.1) is 13.2 Å². The van der Waals surface area contributed by atoms with Crippen molar-refractivity contribution in [3.8, 4) is 0 Å². The molecule has 0 aromatic carbocycles. The van der Waals surface area contributed by atoms with Crippen LogP contribution in [0.15, 0.2) is 12.2 Å². The third-order valence-electron chi connectivity index (χ3n) is 3.27. The van der Waals surface area contributed by atoms with Crippen LogP contribution in [0.3, 0.4) is 0 Å². The Morgan fingerprint density at radius 1 is 1.53 bits per heavy atom. The molecular formula is C14H28N2O. The van der Waals surface area contributed by atoms with Gasteiger partial charge in [0.2, 0.25) is 0 Å². The summed E-state index contributed by atoms with van der Waals surface area (Å²) in [6, 6.07) is 0.649. The highest BCUT2D eigenvalue weighted by Crippen LogP contribution is 2.16.